The van der Waals surface area contributed by atoms with Gasteiger partial charge in [0.05, 0.1) is 25.6 Å². The number of ether oxygens (including phenoxy) is 2. The third kappa shape index (κ3) is 3.22. The van der Waals surface area contributed by atoms with Gasteiger partial charge in [-0.05, 0) is 13.8 Å². The van der Waals surface area contributed by atoms with Crippen molar-refractivity contribution in [2.75, 3.05) is 32.9 Å². The first-order valence-corrected chi connectivity index (χ1v) is 6.19. The average Bonchev–Trinajstić information content (AvgIpc) is 2.86. The molecule has 1 aliphatic heterocycles. The van der Waals surface area contributed by atoms with E-state index in [1.807, 2.05) is 13.8 Å². The maximum atomic E-state index is 11.8. The van der Waals surface area contributed by atoms with Crippen LogP contribution in [0.5, 0.6) is 5.75 Å². The van der Waals surface area contributed by atoms with Crippen LogP contribution in [0.3, 0.4) is 0 Å². The number of nitrogens with zero attached hydrogens (tertiary/aromatic N) is 3. The SMILES string of the molecule is CC(C)n1cc(OCC(=O)N2CCOCC2)cn1. The van der Waals surface area contributed by atoms with Crippen molar-refractivity contribution in [3.63, 3.8) is 0 Å². The van der Waals surface area contributed by atoms with Gasteiger partial charge in [-0.25, -0.2) is 0 Å². The van der Waals surface area contributed by atoms with E-state index in [9.17, 15) is 4.79 Å². The quantitative estimate of drug-likeness (QED) is 0.792. The zero-order valence-corrected chi connectivity index (χ0v) is 10.8. The molecule has 0 spiro atoms. The molecule has 1 aromatic heterocycles. The molecule has 1 saturated heterocycles. The molecule has 0 N–H and O–H groups in total. The molecule has 1 aromatic rings. The van der Waals surface area contributed by atoms with E-state index in [0.717, 1.165) is 0 Å². The summed E-state index contributed by atoms with van der Waals surface area (Å²) in [6.45, 7) is 6.64. The summed E-state index contributed by atoms with van der Waals surface area (Å²) in [4.78, 5) is 13.6. The van der Waals surface area contributed by atoms with Gasteiger partial charge in [0.15, 0.2) is 12.4 Å². The highest BCUT2D eigenvalue weighted by molar-refractivity contribution is 5.77. The van der Waals surface area contributed by atoms with Crippen molar-refractivity contribution in [2.24, 2.45) is 0 Å². The maximum absolute atomic E-state index is 11.8. The lowest BCUT2D eigenvalue weighted by Crippen LogP contribution is -2.42. The van der Waals surface area contributed by atoms with Crippen LogP contribution >= 0.6 is 0 Å². The Labute approximate surface area is 106 Å². The first-order chi connectivity index (χ1) is 8.66. The third-order valence-electron chi connectivity index (χ3n) is 2.83. The zero-order valence-electron chi connectivity index (χ0n) is 10.8. The van der Waals surface area contributed by atoms with Crippen LogP contribution in [0.2, 0.25) is 0 Å². The number of morpholine rings is 1. The topological polar surface area (TPSA) is 56.6 Å². The van der Waals surface area contributed by atoms with Crippen LogP contribution in [0.15, 0.2) is 12.4 Å². The lowest BCUT2D eigenvalue weighted by Gasteiger charge is -2.26. The molecule has 1 aliphatic rings. The van der Waals surface area contributed by atoms with Crippen molar-refractivity contribution in [1.82, 2.24) is 14.7 Å². The van der Waals surface area contributed by atoms with Gasteiger partial charge in [0.2, 0.25) is 0 Å². The summed E-state index contributed by atoms with van der Waals surface area (Å²) < 4.78 is 12.4. The molecule has 1 amide bonds. The van der Waals surface area contributed by atoms with Gasteiger partial charge in [-0.2, -0.15) is 5.10 Å². The van der Waals surface area contributed by atoms with E-state index in [1.165, 1.54) is 0 Å². The molecule has 100 valence electrons. The van der Waals surface area contributed by atoms with E-state index < -0.39 is 0 Å². The van der Waals surface area contributed by atoms with E-state index in [-0.39, 0.29) is 18.6 Å². The molecule has 0 aromatic carbocycles. The summed E-state index contributed by atoms with van der Waals surface area (Å²) in [7, 11) is 0. The highest BCUT2D eigenvalue weighted by Crippen LogP contribution is 2.12. The van der Waals surface area contributed by atoms with Gasteiger partial charge < -0.3 is 14.4 Å². The van der Waals surface area contributed by atoms with E-state index in [4.69, 9.17) is 9.47 Å². The molecule has 2 rings (SSSR count). The molecule has 18 heavy (non-hydrogen) atoms. The molecular weight excluding hydrogens is 234 g/mol. The van der Waals surface area contributed by atoms with Gasteiger partial charge in [-0.3, -0.25) is 9.48 Å². The van der Waals surface area contributed by atoms with Crippen LogP contribution in [0.25, 0.3) is 0 Å². The first-order valence-electron chi connectivity index (χ1n) is 6.19. The highest BCUT2D eigenvalue weighted by Gasteiger charge is 2.17. The molecule has 2 heterocycles. The molecule has 0 unspecified atom stereocenters. The summed E-state index contributed by atoms with van der Waals surface area (Å²) in [5, 5.41) is 4.15. The average molecular weight is 253 g/mol. The van der Waals surface area contributed by atoms with E-state index >= 15 is 0 Å². The molecular formula is C12H19N3O3. The second-order valence-corrected chi connectivity index (χ2v) is 4.53. The summed E-state index contributed by atoms with van der Waals surface area (Å²) in [6.07, 6.45) is 3.43. The van der Waals surface area contributed by atoms with Crippen LogP contribution < -0.4 is 4.74 Å². The first kappa shape index (κ1) is 12.9. The summed E-state index contributed by atoms with van der Waals surface area (Å²) in [5.74, 6) is 0.626. The minimum absolute atomic E-state index is 0.00408. The number of carbonyl (C=O) groups is 1. The molecule has 0 bridgehead atoms. The van der Waals surface area contributed by atoms with E-state index in [1.54, 1.807) is 22.0 Å². The Morgan fingerprint density at radius 2 is 2.22 bits per heavy atom. The van der Waals surface area contributed by atoms with Gasteiger partial charge in [0, 0.05) is 19.1 Å². The lowest BCUT2D eigenvalue weighted by molar-refractivity contribution is -0.137. The van der Waals surface area contributed by atoms with Crippen molar-refractivity contribution in [3.8, 4) is 5.75 Å². The predicted molar refractivity (Wildman–Crippen MR) is 65.5 cm³/mol. The van der Waals surface area contributed by atoms with Crippen LogP contribution in [0, 0.1) is 0 Å². The molecule has 0 radical (unpaired) electrons. The fourth-order valence-electron chi connectivity index (χ4n) is 1.73. The molecule has 6 nitrogen and oxygen atoms in total. The Kier molecular flexibility index (Phi) is 4.19. The number of hydrogen-bond acceptors (Lipinski definition) is 4. The fourth-order valence-corrected chi connectivity index (χ4v) is 1.73. The van der Waals surface area contributed by atoms with Gasteiger partial charge in [0.25, 0.3) is 5.91 Å². The van der Waals surface area contributed by atoms with Gasteiger partial charge >= 0.3 is 0 Å². The summed E-state index contributed by atoms with van der Waals surface area (Å²) in [6, 6.07) is 0.289. The second-order valence-electron chi connectivity index (χ2n) is 4.53. The zero-order chi connectivity index (χ0) is 13.0. The smallest absolute Gasteiger partial charge is 0.260 e. The summed E-state index contributed by atoms with van der Waals surface area (Å²) >= 11 is 0. The Morgan fingerprint density at radius 1 is 1.50 bits per heavy atom. The van der Waals surface area contributed by atoms with Gasteiger partial charge in [-0.1, -0.05) is 0 Å². The van der Waals surface area contributed by atoms with E-state index in [2.05, 4.69) is 5.10 Å². The van der Waals surface area contributed by atoms with Crippen molar-refractivity contribution in [3.05, 3.63) is 12.4 Å². The number of hydrogen-bond donors (Lipinski definition) is 0. The molecule has 0 aliphatic carbocycles. The van der Waals surface area contributed by atoms with Crippen molar-refractivity contribution in [2.45, 2.75) is 19.9 Å². The monoisotopic (exact) mass is 253 g/mol. The minimum atomic E-state index is -0.00408. The van der Waals surface area contributed by atoms with Crippen LogP contribution in [0.4, 0.5) is 0 Å². The number of aromatic nitrogens is 2. The molecule has 0 saturated carbocycles. The number of carbonyl (C=O) groups excluding carboxylic acids is 1. The van der Waals surface area contributed by atoms with Crippen LogP contribution in [-0.4, -0.2) is 53.5 Å². The highest BCUT2D eigenvalue weighted by atomic mass is 16.5. The van der Waals surface area contributed by atoms with Crippen molar-refractivity contribution in [1.29, 1.82) is 0 Å². The third-order valence-corrected chi connectivity index (χ3v) is 2.83. The maximum Gasteiger partial charge on any atom is 0.260 e. The van der Waals surface area contributed by atoms with Crippen LogP contribution in [0.1, 0.15) is 19.9 Å². The normalized spacial score (nSPS) is 16.1. The molecule has 1 fully saturated rings. The number of rotatable bonds is 4. The van der Waals surface area contributed by atoms with Crippen LogP contribution in [-0.2, 0) is 9.53 Å². The predicted octanol–water partition coefficient (Wildman–Crippen LogP) is 0.702. The lowest BCUT2D eigenvalue weighted by atomic mass is 10.4. The number of amides is 1. The Hall–Kier alpha value is -1.56. The Balaban J connectivity index is 1.81. The second kappa shape index (κ2) is 5.86. The Morgan fingerprint density at radius 3 is 2.83 bits per heavy atom. The van der Waals surface area contributed by atoms with Crippen molar-refractivity contribution < 1.29 is 14.3 Å². The molecule has 6 heteroatoms. The Bertz CT molecular complexity index is 397. The van der Waals surface area contributed by atoms with Crippen molar-refractivity contribution >= 4 is 5.91 Å². The summed E-state index contributed by atoms with van der Waals surface area (Å²) in [5.41, 5.74) is 0. The molecule has 0 atom stereocenters. The van der Waals surface area contributed by atoms with Gasteiger partial charge in [-0.15, -0.1) is 0 Å². The van der Waals surface area contributed by atoms with Gasteiger partial charge in [0.1, 0.15) is 0 Å². The largest absolute Gasteiger partial charge is 0.480 e. The fraction of sp³-hybridized carbons (Fsp3) is 0.667. The standard InChI is InChI=1S/C12H19N3O3/c1-10(2)15-8-11(7-13-15)18-9-12(16)14-3-5-17-6-4-14/h7-8,10H,3-6,9H2,1-2H3. The van der Waals surface area contributed by atoms with E-state index in [0.29, 0.717) is 32.1 Å². The minimum Gasteiger partial charge on any atom is -0.480 e.